The van der Waals surface area contributed by atoms with E-state index in [9.17, 15) is 9.90 Å². The molecule has 0 heterocycles. The molecule has 2 atom stereocenters. The summed E-state index contributed by atoms with van der Waals surface area (Å²) in [5.74, 6) is -0.954. The number of aromatic hydroxyl groups is 1. The summed E-state index contributed by atoms with van der Waals surface area (Å²) in [4.78, 5) is 12.8. The van der Waals surface area contributed by atoms with E-state index in [1.807, 2.05) is 0 Å². The number of halogens is 2. The summed E-state index contributed by atoms with van der Waals surface area (Å²) in [6, 6.07) is 1.49. The predicted octanol–water partition coefficient (Wildman–Crippen LogP) is 6.00. The van der Waals surface area contributed by atoms with Gasteiger partial charge < -0.3 is 9.84 Å². The second-order valence-corrected chi connectivity index (χ2v) is 11.0. The van der Waals surface area contributed by atoms with Crippen molar-refractivity contribution in [3.8, 4) is 5.75 Å². The fourth-order valence-corrected chi connectivity index (χ4v) is 6.58. The zero-order chi connectivity index (χ0) is 20.7. The molecule has 6 rings (SSSR count). The molecule has 29 heavy (non-hydrogen) atoms. The highest BCUT2D eigenvalue weighted by molar-refractivity contribution is 5.91. The highest BCUT2D eigenvalue weighted by atomic mass is 19.1. The number of carbonyl (C=O) groups excluding carboxylic acids is 1. The van der Waals surface area contributed by atoms with Gasteiger partial charge in [-0.1, -0.05) is 0 Å². The number of ether oxygens (including phenoxy) is 1. The van der Waals surface area contributed by atoms with E-state index in [0.29, 0.717) is 30.7 Å². The molecular weight excluding hydrogens is 374 g/mol. The van der Waals surface area contributed by atoms with Crippen molar-refractivity contribution in [2.45, 2.75) is 88.8 Å². The van der Waals surface area contributed by atoms with Crippen LogP contribution in [0.1, 0.15) is 99.0 Å². The summed E-state index contributed by atoms with van der Waals surface area (Å²) < 4.78 is 36.4. The molecule has 0 saturated heterocycles. The maximum absolute atomic E-state index is 15.8. The van der Waals surface area contributed by atoms with Gasteiger partial charge in [0, 0.05) is 5.56 Å². The number of rotatable bonds is 3. The third kappa shape index (κ3) is 3.25. The number of benzene rings is 1. The molecule has 0 spiro atoms. The van der Waals surface area contributed by atoms with Crippen LogP contribution in [0.5, 0.6) is 5.75 Å². The number of hydrogen-bond donors (Lipinski definition) is 1. The highest BCUT2D eigenvalue weighted by Crippen LogP contribution is 2.64. The van der Waals surface area contributed by atoms with Crippen molar-refractivity contribution in [1.82, 2.24) is 0 Å². The molecule has 5 aliphatic rings. The lowest BCUT2D eigenvalue weighted by molar-refractivity contribution is -0.0880. The van der Waals surface area contributed by atoms with Crippen LogP contribution in [-0.2, 0) is 4.74 Å². The summed E-state index contributed by atoms with van der Waals surface area (Å²) >= 11 is 0. The molecule has 2 unspecified atom stereocenters. The van der Waals surface area contributed by atoms with Crippen LogP contribution in [0.4, 0.5) is 8.78 Å². The maximum Gasteiger partial charge on any atom is 0.341 e. The maximum atomic E-state index is 15.8. The van der Waals surface area contributed by atoms with Crippen LogP contribution in [0.3, 0.4) is 0 Å². The summed E-state index contributed by atoms with van der Waals surface area (Å²) in [6.45, 7) is 5.26. The average Bonchev–Trinajstić information content (AvgIpc) is 3.39. The largest absolute Gasteiger partial charge is 0.507 e. The third-order valence-electron chi connectivity index (χ3n) is 7.47. The summed E-state index contributed by atoms with van der Waals surface area (Å²) in [5.41, 5.74) is -1.02. The summed E-state index contributed by atoms with van der Waals surface area (Å²) in [7, 11) is 0. The molecular formula is C24H30F2O3. The Hall–Kier alpha value is -1.65. The van der Waals surface area contributed by atoms with Crippen molar-refractivity contribution >= 4 is 5.97 Å². The van der Waals surface area contributed by atoms with E-state index < -0.39 is 23.1 Å². The van der Waals surface area contributed by atoms with Crippen molar-refractivity contribution < 1.29 is 23.4 Å². The lowest BCUT2D eigenvalue weighted by Crippen LogP contribution is -2.51. The van der Waals surface area contributed by atoms with Gasteiger partial charge in [-0.2, -0.15) is 0 Å². The normalized spacial score (nSPS) is 35.8. The van der Waals surface area contributed by atoms with Crippen molar-refractivity contribution in [2.24, 2.45) is 17.8 Å². The Balaban J connectivity index is 1.60. The van der Waals surface area contributed by atoms with Crippen molar-refractivity contribution in [2.75, 3.05) is 0 Å². The lowest BCUT2D eigenvalue weighted by Gasteiger charge is -2.57. The Labute approximate surface area is 170 Å². The molecule has 0 amide bonds. The standard InChI is InChI=1S/C24H30F2O3/c1-23(2,3)29-22(28)17-8-16(13-4-5-13)21(27)19(20(17)25)18-14-6-12-7-15(18)11-24(26,9-12)10-14/h8,12-15,18,27H,4-7,9-11H2,1-3H3. The van der Waals surface area contributed by atoms with Gasteiger partial charge in [0.05, 0.1) is 5.56 Å². The van der Waals surface area contributed by atoms with Crippen LogP contribution in [0.25, 0.3) is 0 Å². The SMILES string of the molecule is CC(C)(C)OC(=O)c1cc(C2CC2)c(O)c(C2C3CC4CC2CC(F)(C4)C3)c1F. The zero-order valence-corrected chi connectivity index (χ0v) is 17.4. The molecule has 1 aromatic carbocycles. The van der Waals surface area contributed by atoms with Gasteiger partial charge in [0.2, 0.25) is 0 Å². The molecule has 5 heteroatoms. The van der Waals surface area contributed by atoms with Crippen molar-refractivity contribution in [3.63, 3.8) is 0 Å². The average molecular weight is 404 g/mol. The number of hydrogen-bond acceptors (Lipinski definition) is 3. The number of phenols is 1. The van der Waals surface area contributed by atoms with E-state index in [4.69, 9.17) is 4.74 Å². The monoisotopic (exact) mass is 404 g/mol. The van der Waals surface area contributed by atoms with Crippen molar-refractivity contribution in [3.05, 3.63) is 28.6 Å². The Morgan fingerprint density at radius 1 is 1.17 bits per heavy atom. The molecule has 4 bridgehead atoms. The van der Waals surface area contributed by atoms with Gasteiger partial charge in [0.15, 0.2) is 0 Å². The Kier molecular flexibility index (Phi) is 4.12. The second-order valence-electron chi connectivity index (χ2n) is 11.0. The minimum Gasteiger partial charge on any atom is -0.507 e. The van der Waals surface area contributed by atoms with Crippen LogP contribution in [-0.4, -0.2) is 22.3 Å². The minimum absolute atomic E-state index is 0.00249. The zero-order valence-electron chi connectivity index (χ0n) is 17.4. The van der Waals surface area contributed by atoms with Gasteiger partial charge in [0.1, 0.15) is 22.8 Å². The van der Waals surface area contributed by atoms with Gasteiger partial charge in [-0.05, 0) is 107 Å². The first-order valence-electron chi connectivity index (χ1n) is 11.0. The van der Waals surface area contributed by atoms with Gasteiger partial charge in [0.25, 0.3) is 0 Å². The predicted molar refractivity (Wildman–Crippen MR) is 105 cm³/mol. The first-order chi connectivity index (χ1) is 13.5. The number of phenolic OH excluding ortho intramolecular Hbond substituents is 1. The smallest absolute Gasteiger partial charge is 0.341 e. The fourth-order valence-electron chi connectivity index (χ4n) is 6.58. The summed E-state index contributed by atoms with van der Waals surface area (Å²) in [5, 5.41) is 11.1. The Morgan fingerprint density at radius 2 is 1.79 bits per heavy atom. The Morgan fingerprint density at radius 3 is 2.31 bits per heavy atom. The van der Waals surface area contributed by atoms with Gasteiger partial charge in [-0.15, -0.1) is 0 Å². The third-order valence-corrected chi connectivity index (χ3v) is 7.47. The van der Waals surface area contributed by atoms with Gasteiger partial charge in [-0.3, -0.25) is 0 Å². The molecule has 0 aliphatic heterocycles. The number of alkyl halides is 1. The molecule has 1 aromatic rings. The molecule has 158 valence electrons. The number of esters is 1. The Bertz CT molecular complexity index is 852. The van der Waals surface area contributed by atoms with Crippen LogP contribution < -0.4 is 0 Å². The van der Waals surface area contributed by atoms with E-state index in [-0.39, 0.29) is 40.5 Å². The van der Waals surface area contributed by atoms with Crippen LogP contribution in [0.2, 0.25) is 0 Å². The quantitative estimate of drug-likeness (QED) is 0.629. The second kappa shape index (κ2) is 6.18. The summed E-state index contributed by atoms with van der Waals surface area (Å²) in [6.07, 6.45) is 5.16. The molecule has 5 aliphatic carbocycles. The first-order valence-corrected chi connectivity index (χ1v) is 11.0. The van der Waals surface area contributed by atoms with E-state index in [2.05, 4.69) is 0 Å². The molecule has 5 fully saturated rings. The van der Waals surface area contributed by atoms with Gasteiger partial charge in [-0.25, -0.2) is 13.6 Å². The van der Waals surface area contributed by atoms with Crippen LogP contribution in [0, 0.1) is 23.6 Å². The molecule has 1 N–H and O–H groups in total. The fraction of sp³-hybridized carbons (Fsp3) is 0.708. The van der Waals surface area contributed by atoms with Crippen LogP contribution in [0.15, 0.2) is 6.07 Å². The van der Waals surface area contributed by atoms with E-state index >= 15 is 8.78 Å². The van der Waals surface area contributed by atoms with Gasteiger partial charge >= 0.3 is 5.97 Å². The lowest BCUT2D eigenvalue weighted by atomic mass is 9.49. The number of carbonyl (C=O) groups is 1. The van der Waals surface area contributed by atoms with Crippen LogP contribution >= 0.6 is 0 Å². The van der Waals surface area contributed by atoms with E-state index in [0.717, 1.165) is 25.7 Å². The van der Waals surface area contributed by atoms with Crippen molar-refractivity contribution in [1.29, 1.82) is 0 Å². The van der Waals surface area contributed by atoms with E-state index in [1.54, 1.807) is 20.8 Å². The minimum atomic E-state index is -1.12. The molecule has 0 radical (unpaired) electrons. The molecule has 0 aromatic heterocycles. The topological polar surface area (TPSA) is 46.5 Å². The molecule has 3 nitrogen and oxygen atoms in total. The van der Waals surface area contributed by atoms with E-state index in [1.165, 1.54) is 6.07 Å². The highest BCUT2D eigenvalue weighted by Gasteiger charge is 2.57. The first kappa shape index (κ1) is 19.3. The molecule has 5 saturated carbocycles.